The van der Waals surface area contributed by atoms with Gasteiger partial charge in [0.2, 0.25) is 0 Å². The molecule has 0 aliphatic heterocycles. The third kappa shape index (κ3) is 5.74. The molecule has 0 aliphatic carbocycles. The van der Waals surface area contributed by atoms with Gasteiger partial charge in [0.05, 0.1) is 20.5 Å². The van der Waals surface area contributed by atoms with Gasteiger partial charge >= 0.3 is 17.7 Å². The first-order chi connectivity index (χ1) is 14.0. The van der Waals surface area contributed by atoms with Gasteiger partial charge in [0.1, 0.15) is 5.75 Å². The van der Waals surface area contributed by atoms with Crippen LogP contribution in [0.25, 0.3) is 0 Å². The molecule has 0 aromatic heterocycles. The van der Waals surface area contributed by atoms with Crippen molar-refractivity contribution in [3.05, 3.63) is 51.5 Å². The fourth-order valence-corrected chi connectivity index (χ4v) is 3.95. The zero-order valence-electron chi connectivity index (χ0n) is 14.8. The smallest absolute Gasteiger partial charge is 0.481 e. The fraction of sp³-hybridized carbons (Fsp3) is 0.235. The normalized spacial score (nSPS) is 12.6. The number of aryl methyl sites for hydroxylation is 1. The Balaban J connectivity index is 2.52. The van der Waals surface area contributed by atoms with Gasteiger partial charge in [-0.15, -0.1) is 0 Å². The minimum absolute atomic E-state index is 0.329. The maximum Gasteiger partial charge on any atom is 0.501 e. The van der Waals surface area contributed by atoms with Crippen molar-refractivity contribution in [1.29, 1.82) is 0 Å². The lowest BCUT2D eigenvalue weighted by molar-refractivity contribution is -0.138. The average Bonchev–Trinajstić information content (AvgIpc) is 2.61. The van der Waals surface area contributed by atoms with E-state index in [1.807, 2.05) is 0 Å². The molecule has 0 bridgehead atoms. The van der Waals surface area contributed by atoms with Gasteiger partial charge in [-0.05, 0) is 42.3 Å². The highest BCUT2D eigenvalue weighted by Crippen LogP contribution is 2.42. The van der Waals surface area contributed by atoms with E-state index >= 15 is 0 Å². The Bertz CT molecular complexity index is 1090. The highest BCUT2D eigenvalue weighted by molar-refractivity contribution is 7.92. The van der Waals surface area contributed by atoms with Crippen LogP contribution in [0.3, 0.4) is 0 Å². The average molecular weight is 511 g/mol. The monoisotopic (exact) mass is 510 g/mol. The van der Waals surface area contributed by atoms with Gasteiger partial charge in [0, 0.05) is 6.42 Å². The van der Waals surface area contributed by atoms with Crippen molar-refractivity contribution in [3.63, 3.8) is 0 Å². The summed E-state index contributed by atoms with van der Waals surface area (Å²) < 4.78 is 106. The molecule has 31 heavy (non-hydrogen) atoms. The molecule has 14 heteroatoms. The minimum Gasteiger partial charge on any atom is -0.481 e. The second-order valence-corrected chi connectivity index (χ2v) is 8.71. The first kappa shape index (κ1) is 25.1. The van der Waals surface area contributed by atoms with Gasteiger partial charge < -0.3 is 9.84 Å². The Kier molecular flexibility index (Phi) is 7.08. The molecule has 170 valence electrons. The number of aliphatic carboxylic acids is 1. The van der Waals surface area contributed by atoms with Gasteiger partial charge in [0.25, 0.3) is 9.84 Å². The van der Waals surface area contributed by atoms with Crippen LogP contribution < -0.4 is 4.74 Å². The molecule has 0 atom stereocenters. The molecule has 0 heterocycles. The van der Waals surface area contributed by atoms with E-state index in [2.05, 4.69) is 0 Å². The van der Waals surface area contributed by atoms with Crippen LogP contribution in [0.1, 0.15) is 17.5 Å². The molecule has 1 N–H and O–H groups in total. The maximum absolute atomic E-state index is 12.9. The van der Waals surface area contributed by atoms with Gasteiger partial charge in [-0.3, -0.25) is 4.79 Å². The zero-order chi connectivity index (χ0) is 23.8. The summed E-state index contributed by atoms with van der Waals surface area (Å²) in [5, 5.41) is 7.63. The predicted octanol–water partition coefficient (Wildman–Crippen LogP) is 6.12. The van der Waals surface area contributed by atoms with E-state index in [1.54, 1.807) is 0 Å². The fourth-order valence-electron chi connectivity index (χ4n) is 2.38. The number of halogens is 8. The van der Waals surface area contributed by atoms with E-state index in [-0.39, 0.29) is 5.75 Å². The SMILES string of the molecule is O=C(O)CCc1cc(Oc2c(Cl)cc(C(F)(F)F)cc2Cl)ccc1S(=O)(=O)C(F)(F)F. The van der Waals surface area contributed by atoms with Crippen LogP contribution in [-0.2, 0) is 27.2 Å². The molecule has 0 saturated heterocycles. The maximum atomic E-state index is 12.9. The molecular weight excluding hydrogens is 501 g/mol. The molecule has 0 radical (unpaired) electrons. The van der Waals surface area contributed by atoms with Crippen LogP contribution in [0, 0.1) is 0 Å². The summed E-state index contributed by atoms with van der Waals surface area (Å²) in [4.78, 5) is 9.60. The number of hydrogen-bond acceptors (Lipinski definition) is 4. The number of ether oxygens (including phenoxy) is 1. The summed E-state index contributed by atoms with van der Waals surface area (Å²) in [5.74, 6) is -2.20. The van der Waals surface area contributed by atoms with Crippen molar-refractivity contribution in [2.75, 3.05) is 0 Å². The van der Waals surface area contributed by atoms with Crippen molar-refractivity contribution >= 4 is 39.0 Å². The molecule has 2 aromatic carbocycles. The lowest BCUT2D eigenvalue weighted by atomic mass is 10.1. The van der Waals surface area contributed by atoms with Gasteiger partial charge in [-0.2, -0.15) is 26.3 Å². The van der Waals surface area contributed by atoms with E-state index in [1.165, 1.54) is 0 Å². The van der Waals surface area contributed by atoms with Crippen LogP contribution in [0.5, 0.6) is 11.5 Å². The van der Waals surface area contributed by atoms with Crippen LogP contribution in [0.4, 0.5) is 26.3 Å². The van der Waals surface area contributed by atoms with Crippen LogP contribution in [-0.4, -0.2) is 25.0 Å². The largest absolute Gasteiger partial charge is 0.501 e. The number of carboxylic acids is 1. The number of alkyl halides is 6. The second kappa shape index (κ2) is 8.75. The van der Waals surface area contributed by atoms with Crippen LogP contribution >= 0.6 is 23.2 Å². The lowest BCUT2D eigenvalue weighted by Crippen LogP contribution is -2.24. The highest BCUT2D eigenvalue weighted by Gasteiger charge is 2.47. The van der Waals surface area contributed by atoms with Gasteiger partial charge in [0.15, 0.2) is 5.75 Å². The second-order valence-electron chi connectivity index (χ2n) is 5.98. The molecule has 0 aliphatic rings. The predicted molar refractivity (Wildman–Crippen MR) is 97.2 cm³/mol. The summed E-state index contributed by atoms with van der Waals surface area (Å²) in [7, 11) is -5.81. The molecule has 0 unspecified atom stereocenters. The molecule has 2 aromatic rings. The zero-order valence-corrected chi connectivity index (χ0v) is 17.1. The summed E-state index contributed by atoms with van der Waals surface area (Å²) in [6, 6.07) is 3.17. The Hall–Kier alpha value is -2.18. The number of sulfone groups is 1. The number of benzene rings is 2. The Morgan fingerprint density at radius 2 is 1.55 bits per heavy atom. The molecule has 0 spiro atoms. The molecule has 0 amide bonds. The Morgan fingerprint density at radius 1 is 1.00 bits per heavy atom. The van der Waals surface area contributed by atoms with E-state index in [0.29, 0.717) is 18.2 Å². The first-order valence-corrected chi connectivity index (χ1v) is 10.2. The highest BCUT2D eigenvalue weighted by atomic mass is 35.5. The number of rotatable bonds is 6. The number of carboxylic acid groups (broad SMARTS) is 1. The van der Waals surface area contributed by atoms with E-state index in [0.717, 1.165) is 12.1 Å². The topological polar surface area (TPSA) is 80.7 Å². The summed E-state index contributed by atoms with van der Waals surface area (Å²) in [6.45, 7) is 0. The molecule has 0 saturated carbocycles. The standard InChI is InChI=1S/C17H10Cl2F6O5S/c18-11-6-9(16(20,21)22)7-12(19)15(11)30-10-2-3-13(31(28,29)17(23,24)25)8(5-10)1-4-14(26)27/h2-3,5-7H,1,4H2,(H,26,27). The van der Waals surface area contributed by atoms with E-state index in [9.17, 15) is 39.6 Å². The molecular formula is C17H10Cl2F6O5S. The quantitative estimate of drug-likeness (QED) is 0.473. The van der Waals surface area contributed by atoms with Crippen molar-refractivity contribution in [2.45, 2.75) is 29.4 Å². The van der Waals surface area contributed by atoms with Crippen molar-refractivity contribution < 1.29 is 49.4 Å². The van der Waals surface area contributed by atoms with Crippen molar-refractivity contribution in [1.82, 2.24) is 0 Å². The summed E-state index contributed by atoms with van der Waals surface area (Å²) >= 11 is 11.5. The first-order valence-electron chi connectivity index (χ1n) is 7.94. The molecule has 2 rings (SSSR count). The van der Waals surface area contributed by atoms with Crippen LogP contribution in [0.15, 0.2) is 35.2 Å². The minimum atomic E-state index is -5.81. The Morgan fingerprint density at radius 3 is 2.00 bits per heavy atom. The number of carbonyl (C=O) groups is 1. The van der Waals surface area contributed by atoms with Gasteiger partial charge in [-0.1, -0.05) is 23.2 Å². The van der Waals surface area contributed by atoms with Crippen LogP contribution in [0.2, 0.25) is 10.0 Å². The Labute approximate surface area is 181 Å². The lowest BCUT2D eigenvalue weighted by Gasteiger charge is -2.16. The summed E-state index contributed by atoms with van der Waals surface area (Å²) in [6.07, 6.45) is -6.07. The van der Waals surface area contributed by atoms with E-state index in [4.69, 9.17) is 33.0 Å². The molecule has 5 nitrogen and oxygen atoms in total. The van der Waals surface area contributed by atoms with Crippen molar-refractivity contribution in [3.8, 4) is 11.5 Å². The van der Waals surface area contributed by atoms with E-state index < -0.39 is 72.1 Å². The third-order valence-electron chi connectivity index (χ3n) is 3.78. The third-order valence-corrected chi connectivity index (χ3v) is 5.93. The van der Waals surface area contributed by atoms with Crippen molar-refractivity contribution in [2.24, 2.45) is 0 Å². The van der Waals surface area contributed by atoms with Gasteiger partial charge in [-0.25, -0.2) is 8.42 Å². The number of hydrogen-bond donors (Lipinski definition) is 1. The summed E-state index contributed by atoms with van der Waals surface area (Å²) in [5.41, 5.74) is -7.35. The molecule has 0 fully saturated rings.